The van der Waals surface area contributed by atoms with Gasteiger partial charge in [-0.25, -0.2) is 0 Å². The Labute approximate surface area is 139 Å². The van der Waals surface area contributed by atoms with Crippen LogP contribution in [-0.4, -0.2) is 56.6 Å². The highest BCUT2D eigenvalue weighted by atomic mass is 16.5. The van der Waals surface area contributed by atoms with E-state index < -0.39 is 6.10 Å². The van der Waals surface area contributed by atoms with Crippen molar-refractivity contribution < 1.29 is 24.1 Å². The van der Waals surface area contributed by atoms with Gasteiger partial charge >= 0.3 is 0 Å². The minimum absolute atomic E-state index is 0.00745. The Kier molecular flexibility index (Phi) is 7.21. The molecule has 2 aliphatic carbocycles. The zero-order valence-corrected chi connectivity index (χ0v) is 14.4. The van der Waals surface area contributed by atoms with Gasteiger partial charge < -0.3 is 19.3 Å². The van der Waals surface area contributed by atoms with Gasteiger partial charge in [0, 0.05) is 39.6 Å². The molecule has 0 aromatic heterocycles. The summed E-state index contributed by atoms with van der Waals surface area (Å²) in [5, 5.41) is 10.2. The van der Waals surface area contributed by atoms with E-state index in [1.165, 1.54) is 0 Å². The van der Waals surface area contributed by atoms with Crippen LogP contribution in [0.4, 0.5) is 0 Å². The molecule has 0 radical (unpaired) electrons. The summed E-state index contributed by atoms with van der Waals surface area (Å²) in [7, 11) is 5.05. The van der Waals surface area contributed by atoms with Crippen LogP contribution in [0.1, 0.15) is 38.5 Å². The lowest BCUT2D eigenvalue weighted by Gasteiger charge is -2.35. The van der Waals surface area contributed by atoms with Crippen LogP contribution in [0.25, 0.3) is 0 Å². The number of aliphatic hydroxyl groups is 1. The molecule has 2 rings (SSSR count). The first-order chi connectivity index (χ1) is 11.1. The number of ketones is 1. The van der Waals surface area contributed by atoms with Gasteiger partial charge in [-0.3, -0.25) is 4.79 Å². The van der Waals surface area contributed by atoms with Gasteiger partial charge in [0.15, 0.2) is 5.78 Å². The van der Waals surface area contributed by atoms with Crippen molar-refractivity contribution in [2.75, 3.05) is 21.3 Å². The van der Waals surface area contributed by atoms with Crippen LogP contribution in [0.15, 0.2) is 12.2 Å². The maximum atomic E-state index is 12.4. The van der Waals surface area contributed by atoms with Gasteiger partial charge in [0.25, 0.3) is 0 Å². The van der Waals surface area contributed by atoms with Gasteiger partial charge in [0.2, 0.25) is 0 Å². The van der Waals surface area contributed by atoms with E-state index in [1.54, 1.807) is 27.4 Å². The van der Waals surface area contributed by atoms with Crippen molar-refractivity contribution in [3.05, 3.63) is 12.2 Å². The number of rotatable bonds is 6. The molecule has 2 aliphatic rings. The Morgan fingerprint density at radius 1 is 1.04 bits per heavy atom. The predicted molar refractivity (Wildman–Crippen MR) is 87.2 cm³/mol. The number of hydrogen-bond acceptors (Lipinski definition) is 5. The van der Waals surface area contributed by atoms with Crippen LogP contribution >= 0.6 is 0 Å². The molecule has 0 saturated heterocycles. The third kappa shape index (κ3) is 4.63. The number of carbonyl (C=O) groups is 1. The van der Waals surface area contributed by atoms with Gasteiger partial charge in [-0.05, 0) is 31.8 Å². The molecule has 0 amide bonds. The average Bonchev–Trinajstić information content (AvgIpc) is 2.58. The molecule has 5 heteroatoms. The number of aliphatic hydroxyl groups excluding tert-OH is 1. The molecule has 0 aliphatic heterocycles. The van der Waals surface area contributed by atoms with E-state index in [9.17, 15) is 9.90 Å². The third-order valence-electron chi connectivity index (χ3n) is 5.36. The van der Waals surface area contributed by atoms with Crippen molar-refractivity contribution in [1.29, 1.82) is 0 Å². The lowest BCUT2D eigenvalue weighted by atomic mass is 9.80. The molecule has 23 heavy (non-hydrogen) atoms. The van der Waals surface area contributed by atoms with E-state index >= 15 is 0 Å². The fourth-order valence-electron chi connectivity index (χ4n) is 3.94. The number of allylic oxidation sites excluding steroid dienone is 1. The first-order valence-corrected chi connectivity index (χ1v) is 8.59. The molecule has 2 fully saturated rings. The second kappa shape index (κ2) is 8.92. The third-order valence-corrected chi connectivity index (χ3v) is 5.36. The zero-order chi connectivity index (χ0) is 16.8. The van der Waals surface area contributed by atoms with E-state index in [1.807, 2.05) is 6.08 Å². The van der Waals surface area contributed by atoms with E-state index in [0.717, 1.165) is 25.7 Å². The summed E-state index contributed by atoms with van der Waals surface area (Å²) in [6, 6.07) is 0. The van der Waals surface area contributed by atoms with Gasteiger partial charge in [-0.1, -0.05) is 12.5 Å². The van der Waals surface area contributed by atoms with Crippen molar-refractivity contribution in [1.82, 2.24) is 0 Å². The maximum absolute atomic E-state index is 12.4. The predicted octanol–water partition coefficient (Wildman–Crippen LogP) is 2.12. The van der Waals surface area contributed by atoms with Gasteiger partial charge in [-0.2, -0.15) is 0 Å². The second-order valence-electron chi connectivity index (χ2n) is 6.68. The summed E-state index contributed by atoms with van der Waals surface area (Å²) < 4.78 is 16.4. The van der Waals surface area contributed by atoms with Crippen molar-refractivity contribution in [2.45, 2.75) is 62.9 Å². The molecular formula is C18H30O5. The van der Waals surface area contributed by atoms with E-state index in [0.29, 0.717) is 12.8 Å². The van der Waals surface area contributed by atoms with Crippen LogP contribution in [0.2, 0.25) is 0 Å². The fraction of sp³-hybridized carbons (Fsp3) is 0.833. The van der Waals surface area contributed by atoms with E-state index in [2.05, 4.69) is 0 Å². The minimum Gasteiger partial charge on any atom is -0.392 e. The smallest absolute Gasteiger partial charge is 0.161 e. The Morgan fingerprint density at radius 3 is 2.43 bits per heavy atom. The SMILES string of the molecule is COC1CCC(C(=O)/C=C/C2CCCC(OC)C2OC)C(O)C1. The van der Waals surface area contributed by atoms with Crippen LogP contribution in [0, 0.1) is 11.8 Å². The van der Waals surface area contributed by atoms with Gasteiger partial charge in [0.05, 0.1) is 24.4 Å². The van der Waals surface area contributed by atoms with E-state index in [4.69, 9.17) is 14.2 Å². The zero-order valence-electron chi connectivity index (χ0n) is 14.4. The highest BCUT2D eigenvalue weighted by molar-refractivity contribution is 5.92. The molecule has 0 bridgehead atoms. The van der Waals surface area contributed by atoms with Gasteiger partial charge in [0.1, 0.15) is 0 Å². The van der Waals surface area contributed by atoms with Gasteiger partial charge in [-0.15, -0.1) is 0 Å². The quantitative estimate of drug-likeness (QED) is 0.758. The molecule has 0 aromatic rings. The Hall–Kier alpha value is -0.750. The molecule has 1 N–H and O–H groups in total. The summed E-state index contributed by atoms with van der Waals surface area (Å²) in [6.07, 6.45) is 8.25. The standard InChI is InChI=1S/C18H30O5/c1-21-13-8-9-14(16(20)11-13)15(19)10-7-12-5-4-6-17(22-2)18(12)23-3/h7,10,12-14,16-18,20H,4-6,8-9,11H2,1-3H3/b10-7+. The monoisotopic (exact) mass is 326 g/mol. The molecule has 0 heterocycles. The van der Waals surface area contributed by atoms with Crippen molar-refractivity contribution in [3.8, 4) is 0 Å². The number of methoxy groups -OCH3 is 3. The summed E-state index contributed by atoms with van der Waals surface area (Å²) in [5.41, 5.74) is 0. The Bertz CT molecular complexity index is 408. The second-order valence-corrected chi connectivity index (χ2v) is 6.68. The summed E-state index contributed by atoms with van der Waals surface area (Å²) >= 11 is 0. The Balaban J connectivity index is 1.94. The fourth-order valence-corrected chi connectivity index (χ4v) is 3.94. The minimum atomic E-state index is -0.609. The number of carbonyl (C=O) groups excluding carboxylic acids is 1. The lowest BCUT2D eigenvalue weighted by molar-refractivity contribution is -0.125. The molecule has 6 unspecified atom stereocenters. The molecule has 132 valence electrons. The molecule has 6 atom stereocenters. The largest absolute Gasteiger partial charge is 0.392 e. The molecule has 0 aromatic carbocycles. The van der Waals surface area contributed by atoms with Crippen LogP contribution in [0.5, 0.6) is 0 Å². The normalized spacial score (nSPS) is 38.8. The maximum Gasteiger partial charge on any atom is 0.161 e. The number of ether oxygens (including phenoxy) is 3. The topological polar surface area (TPSA) is 65.0 Å². The number of hydrogen-bond donors (Lipinski definition) is 1. The summed E-state index contributed by atoms with van der Waals surface area (Å²) in [5.74, 6) is -0.1000. The molecule has 0 spiro atoms. The first-order valence-electron chi connectivity index (χ1n) is 8.59. The average molecular weight is 326 g/mol. The summed E-state index contributed by atoms with van der Waals surface area (Å²) in [4.78, 5) is 12.4. The van der Waals surface area contributed by atoms with Crippen LogP contribution in [0.3, 0.4) is 0 Å². The van der Waals surface area contributed by atoms with Crippen LogP contribution in [-0.2, 0) is 19.0 Å². The molecule has 2 saturated carbocycles. The van der Waals surface area contributed by atoms with Crippen molar-refractivity contribution >= 4 is 5.78 Å². The molecule has 5 nitrogen and oxygen atoms in total. The highest BCUT2D eigenvalue weighted by Gasteiger charge is 2.34. The Morgan fingerprint density at radius 2 is 1.83 bits per heavy atom. The highest BCUT2D eigenvalue weighted by Crippen LogP contribution is 2.31. The van der Waals surface area contributed by atoms with E-state index in [-0.39, 0.29) is 35.9 Å². The van der Waals surface area contributed by atoms with Crippen molar-refractivity contribution in [3.63, 3.8) is 0 Å². The summed E-state index contributed by atoms with van der Waals surface area (Å²) in [6.45, 7) is 0. The van der Waals surface area contributed by atoms with Crippen LogP contribution < -0.4 is 0 Å². The first kappa shape index (κ1) is 18.6. The van der Waals surface area contributed by atoms with Crippen molar-refractivity contribution in [2.24, 2.45) is 11.8 Å². The lowest BCUT2D eigenvalue weighted by Crippen LogP contribution is -2.40. The molecular weight excluding hydrogens is 296 g/mol.